The average molecular weight is 312 g/mol. The van der Waals surface area contributed by atoms with Gasteiger partial charge in [0.25, 0.3) is 0 Å². The van der Waals surface area contributed by atoms with Crippen LogP contribution in [-0.4, -0.2) is 17.8 Å². The van der Waals surface area contributed by atoms with E-state index in [4.69, 9.17) is 5.11 Å². The number of benzene rings is 1. The quantitative estimate of drug-likeness (QED) is 0.871. The van der Waals surface area contributed by atoms with Crippen LogP contribution in [0, 0.1) is 0 Å². The highest BCUT2D eigenvalue weighted by Crippen LogP contribution is 2.32. The summed E-state index contributed by atoms with van der Waals surface area (Å²) < 4.78 is 1.16. The van der Waals surface area contributed by atoms with Crippen LogP contribution >= 0.6 is 15.9 Å². The molecule has 2 rings (SSSR count). The molecular formula is C15H22BrNO. The summed E-state index contributed by atoms with van der Waals surface area (Å²) in [5, 5.41) is 12.6. The van der Waals surface area contributed by atoms with Crippen LogP contribution in [0.4, 0.5) is 0 Å². The van der Waals surface area contributed by atoms with Gasteiger partial charge in [-0.1, -0.05) is 22.0 Å². The molecule has 0 saturated heterocycles. The topological polar surface area (TPSA) is 32.3 Å². The zero-order valence-electron chi connectivity index (χ0n) is 11.0. The number of nitrogens with one attached hydrogen (secondary N) is 1. The lowest BCUT2D eigenvalue weighted by Crippen LogP contribution is -2.32. The van der Waals surface area contributed by atoms with Crippen LogP contribution in [0.5, 0.6) is 0 Å². The van der Waals surface area contributed by atoms with E-state index < -0.39 is 0 Å². The fourth-order valence-electron chi connectivity index (χ4n) is 2.77. The maximum absolute atomic E-state index is 8.88. The van der Waals surface area contributed by atoms with Gasteiger partial charge in [-0.3, -0.25) is 0 Å². The van der Waals surface area contributed by atoms with Crippen LogP contribution in [-0.2, 0) is 6.42 Å². The Morgan fingerprint density at radius 2 is 2.33 bits per heavy atom. The number of rotatable bonds is 5. The molecule has 2 N–H and O–H groups in total. The van der Waals surface area contributed by atoms with Crippen molar-refractivity contribution in [3.63, 3.8) is 0 Å². The van der Waals surface area contributed by atoms with Crippen molar-refractivity contribution in [2.45, 2.75) is 51.1 Å². The number of hydrogen-bond acceptors (Lipinski definition) is 2. The Balaban J connectivity index is 2.05. The van der Waals surface area contributed by atoms with Crippen molar-refractivity contribution in [3.05, 3.63) is 33.8 Å². The molecule has 100 valence electrons. The zero-order chi connectivity index (χ0) is 13.0. The second kappa shape index (κ2) is 6.69. The highest BCUT2D eigenvalue weighted by molar-refractivity contribution is 9.10. The van der Waals surface area contributed by atoms with Crippen LogP contribution < -0.4 is 5.32 Å². The van der Waals surface area contributed by atoms with Gasteiger partial charge in [0.15, 0.2) is 0 Å². The Labute approximate surface area is 118 Å². The first-order valence-corrected chi connectivity index (χ1v) is 7.65. The maximum atomic E-state index is 8.88. The van der Waals surface area contributed by atoms with Crippen molar-refractivity contribution >= 4 is 15.9 Å². The summed E-state index contributed by atoms with van der Waals surface area (Å²) in [7, 11) is 0. The molecule has 0 amide bonds. The highest BCUT2D eigenvalue weighted by Gasteiger charge is 2.21. The molecule has 3 heteroatoms. The molecule has 1 aliphatic carbocycles. The molecule has 18 heavy (non-hydrogen) atoms. The van der Waals surface area contributed by atoms with Gasteiger partial charge in [0, 0.05) is 23.2 Å². The molecule has 2 atom stereocenters. The number of aryl methyl sites for hydroxylation is 1. The van der Waals surface area contributed by atoms with Gasteiger partial charge in [-0.25, -0.2) is 0 Å². The standard InChI is InChI=1S/C15H22BrNO/c1-11(4-3-9-18)17-15-6-2-5-12-7-8-13(16)10-14(12)15/h7-8,10-11,15,17-18H,2-6,9H2,1H3. The summed E-state index contributed by atoms with van der Waals surface area (Å²) in [6.45, 7) is 2.50. The molecule has 2 nitrogen and oxygen atoms in total. The Morgan fingerprint density at radius 1 is 1.50 bits per heavy atom. The largest absolute Gasteiger partial charge is 0.396 e. The molecular weight excluding hydrogens is 290 g/mol. The van der Waals surface area contributed by atoms with E-state index in [0.717, 1.165) is 17.3 Å². The lowest BCUT2D eigenvalue weighted by atomic mass is 9.87. The molecule has 1 aliphatic rings. The minimum Gasteiger partial charge on any atom is -0.396 e. The summed E-state index contributed by atoms with van der Waals surface area (Å²) in [6, 6.07) is 7.57. The summed E-state index contributed by atoms with van der Waals surface area (Å²) in [5.41, 5.74) is 2.93. The van der Waals surface area contributed by atoms with Crippen molar-refractivity contribution < 1.29 is 5.11 Å². The third-order valence-electron chi connectivity index (χ3n) is 3.70. The Bertz CT molecular complexity index is 394. The first kappa shape index (κ1) is 14.0. The van der Waals surface area contributed by atoms with Gasteiger partial charge in [0.05, 0.1) is 0 Å². The number of fused-ring (bicyclic) bond motifs is 1. The molecule has 0 heterocycles. The second-order valence-electron chi connectivity index (χ2n) is 5.22. The summed E-state index contributed by atoms with van der Waals surface area (Å²) in [4.78, 5) is 0. The zero-order valence-corrected chi connectivity index (χ0v) is 12.5. The smallest absolute Gasteiger partial charge is 0.0431 e. The third-order valence-corrected chi connectivity index (χ3v) is 4.20. The van der Waals surface area contributed by atoms with E-state index in [0.29, 0.717) is 18.7 Å². The number of halogens is 1. The van der Waals surface area contributed by atoms with E-state index in [2.05, 4.69) is 46.4 Å². The summed E-state index contributed by atoms with van der Waals surface area (Å²) in [6.07, 6.45) is 5.60. The Kier molecular flexibility index (Phi) is 5.22. The Morgan fingerprint density at radius 3 is 3.11 bits per heavy atom. The lowest BCUT2D eigenvalue weighted by molar-refractivity contribution is 0.272. The van der Waals surface area contributed by atoms with Gasteiger partial charge in [-0.05, 0) is 62.3 Å². The monoisotopic (exact) mass is 311 g/mol. The molecule has 0 fully saturated rings. The normalized spacial score (nSPS) is 20.5. The van der Waals surface area contributed by atoms with Crippen molar-refractivity contribution in [2.24, 2.45) is 0 Å². The van der Waals surface area contributed by atoms with Gasteiger partial charge in [0.2, 0.25) is 0 Å². The summed E-state index contributed by atoms with van der Waals surface area (Å²) >= 11 is 3.57. The van der Waals surface area contributed by atoms with E-state index in [1.165, 1.54) is 30.4 Å². The number of aliphatic hydroxyl groups is 1. The van der Waals surface area contributed by atoms with Gasteiger partial charge < -0.3 is 10.4 Å². The third kappa shape index (κ3) is 3.56. The minimum absolute atomic E-state index is 0.290. The fraction of sp³-hybridized carbons (Fsp3) is 0.600. The lowest BCUT2D eigenvalue weighted by Gasteiger charge is -2.29. The molecule has 2 unspecified atom stereocenters. The fourth-order valence-corrected chi connectivity index (χ4v) is 3.15. The minimum atomic E-state index is 0.290. The Hall–Kier alpha value is -0.380. The number of hydrogen-bond donors (Lipinski definition) is 2. The maximum Gasteiger partial charge on any atom is 0.0431 e. The molecule has 0 aromatic heterocycles. The molecule has 1 aromatic carbocycles. The molecule has 0 bridgehead atoms. The van der Waals surface area contributed by atoms with Crippen LogP contribution in [0.25, 0.3) is 0 Å². The second-order valence-corrected chi connectivity index (χ2v) is 6.14. The van der Waals surface area contributed by atoms with Gasteiger partial charge in [-0.15, -0.1) is 0 Å². The van der Waals surface area contributed by atoms with Gasteiger partial charge in [0.1, 0.15) is 0 Å². The SMILES string of the molecule is CC(CCCO)NC1CCCc2ccc(Br)cc21. The van der Waals surface area contributed by atoms with Crippen molar-refractivity contribution in [3.8, 4) is 0 Å². The number of aliphatic hydroxyl groups excluding tert-OH is 1. The predicted molar refractivity (Wildman–Crippen MR) is 78.7 cm³/mol. The van der Waals surface area contributed by atoms with Crippen molar-refractivity contribution in [1.29, 1.82) is 0 Å². The van der Waals surface area contributed by atoms with E-state index in [1.54, 1.807) is 0 Å². The first-order chi connectivity index (χ1) is 8.70. The highest BCUT2D eigenvalue weighted by atomic mass is 79.9. The molecule has 0 aliphatic heterocycles. The average Bonchev–Trinajstić information content (AvgIpc) is 2.37. The molecule has 1 aromatic rings. The van der Waals surface area contributed by atoms with Crippen LogP contribution in [0.2, 0.25) is 0 Å². The van der Waals surface area contributed by atoms with Crippen molar-refractivity contribution in [1.82, 2.24) is 5.32 Å². The van der Waals surface area contributed by atoms with E-state index in [9.17, 15) is 0 Å². The van der Waals surface area contributed by atoms with E-state index in [-0.39, 0.29) is 0 Å². The molecule has 0 radical (unpaired) electrons. The van der Waals surface area contributed by atoms with Crippen molar-refractivity contribution in [2.75, 3.05) is 6.61 Å². The predicted octanol–water partition coefficient (Wildman–Crippen LogP) is 3.58. The first-order valence-electron chi connectivity index (χ1n) is 6.86. The summed E-state index contributed by atoms with van der Waals surface area (Å²) in [5.74, 6) is 0. The van der Waals surface area contributed by atoms with Gasteiger partial charge in [-0.2, -0.15) is 0 Å². The van der Waals surface area contributed by atoms with Crippen LogP contribution in [0.15, 0.2) is 22.7 Å². The van der Waals surface area contributed by atoms with Crippen LogP contribution in [0.3, 0.4) is 0 Å². The molecule has 0 spiro atoms. The van der Waals surface area contributed by atoms with E-state index in [1.807, 2.05) is 0 Å². The van der Waals surface area contributed by atoms with Gasteiger partial charge >= 0.3 is 0 Å². The molecule has 0 saturated carbocycles. The van der Waals surface area contributed by atoms with E-state index >= 15 is 0 Å². The van der Waals surface area contributed by atoms with Crippen LogP contribution in [0.1, 0.15) is 49.8 Å².